The number of rotatable bonds is 4. The van der Waals surface area contributed by atoms with Crippen LogP contribution in [0.25, 0.3) is 0 Å². The van der Waals surface area contributed by atoms with Gasteiger partial charge in [0.2, 0.25) is 0 Å². The van der Waals surface area contributed by atoms with Crippen molar-refractivity contribution in [1.82, 2.24) is 4.98 Å². The monoisotopic (exact) mass is 235 g/mol. The third-order valence-electron chi connectivity index (χ3n) is 3.47. The summed E-state index contributed by atoms with van der Waals surface area (Å²) in [4.78, 5) is 4.55. The predicted molar refractivity (Wildman–Crippen MR) is 70.6 cm³/mol. The van der Waals surface area contributed by atoms with Crippen LogP contribution < -0.4 is 11.1 Å². The average molecular weight is 235 g/mol. The molecule has 1 fully saturated rings. The SMILES string of the molecule is CCC1(Nc2cnccc2C(N)=S)CCC1. The fraction of sp³-hybridized carbons (Fsp3) is 0.500. The number of thiocarbonyl (C=S) groups is 1. The van der Waals surface area contributed by atoms with Crippen LogP contribution in [0.15, 0.2) is 18.5 Å². The zero-order valence-corrected chi connectivity index (χ0v) is 10.3. The summed E-state index contributed by atoms with van der Waals surface area (Å²) < 4.78 is 0. The van der Waals surface area contributed by atoms with Crippen LogP contribution in [0.4, 0.5) is 5.69 Å². The molecule has 2 rings (SSSR count). The van der Waals surface area contributed by atoms with Gasteiger partial charge < -0.3 is 11.1 Å². The van der Waals surface area contributed by atoms with E-state index in [-0.39, 0.29) is 5.54 Å². The molecule has 0 atom stereocenters. The largest absolute Gasteiger partial charge is 0.389 e. The minimum Gasteiger partial charge on any atom is -0.389 e. The molecule has 3 nitrogen and oxygen atoms in total. The third-order valence-corrected chi connectivity index (χ3v) is 3.69. The summed E-state index contributed by atoms with van der Waals surface area (Å²) in [5.41, 5.74) is 7.80. The Labute approximate surface area is 101 Å². The van der Waals surface area contributed by atoms with Crippen molar-refractivity contribution in [1.29, 1.82) is 0 Å². The smallest absolute Gasteiger partial charge is 0.106 e. The van der Waals surface area contributed by atoms with Crippen LogP contribution in [0.3, 0.4) is 0 Å². The molecule has 1 aliphatic carbocycles. The first-order chi connectivity index (χ1) is 7.67. The number of hydrogen-bond donors (Lipinski definition) is 2. The molecular formula is C12H17N3S. The maximum Gasteiger partial charge on any atom is 0.106 e. The Balaban J connectivity index is 2.23. The molecule has 0 spiro atoms. The fourth-order valence-corrected chi connectivity index (χ4v) is 2.34. The zero-order valence-electron chi connectivity index (χ0n) is 9.49. The summed E-state index contributed by atoms with van der Waals surface area (Å²) in [5.74, 6) is 0. The number of pyridine rings is 1. The first-order valence-corrected chi connectivity index (χ1v) is 6.10. The van der Waals surface area contributed by atoms with E-state index in [4.69, 9.17) is 18.0 Å². The lowest BCUT2D eigenvalue weighted by atomic mass is 9.74. The summed E-state index contributed by atoms with van der Waals surface area (Å²) in [6.45, 7) is 2.21. The summed E-state index contributed by atoms with van der Waals surface area (Å²) in [6, 6.07) is 1.87. The van der Waals surface area contributed by atoms with E-state index >= 15 is 0 Å². The molecule has 1 saturated carbocycles. The van der Waals surface area contributed by atoms with Gasteiger partial charge in [-0.05, 0) is 31.7 Å². The van der Waals surface area contributed by atoms with Crippen molar-refractivity contribution in [3.8, 4) is 0 Å². The van der Waals surface area contributed by atoms with Crippen molar-refractivity contribution in [2.45, 2.75) is 38.1 Å². The van der Waals surface area contributed by atoms with Crippen LogP contribution in [-0.4, -0.2) is 15.5 Å². The molecule has 0 saturated heterocycles. The molecule has 86 valence electrons. The molecule has 0 unspecified atom stereocenters. The molecule has 0 aliphatic heterocycles. The maximum atomic E-state index is 5.70. The van der Waals surface area contributed by atoms with Gasteiger partial charge in [0, 0.05) is 17.3 Å². The lowest BCUT2D eigenvalue weighted by Gasteiger charge is -2.43. The van der Waals surface area contributed by atoms with Crippen LogP contribution in [0, 0.1) is 0 Å². The molecular weight excluding hydrogens is 218 g/mol. The van der Waals surface area contributed by atoms with Gasteiger partial charge in [0.25, 0.3) is 0 Å². The summed E-state index contributed by atoms with van der Waals surface area (Å²) in [5, 5.41) is 3.56. The molecule has 0 radical (unpaired) electrons. The number of nitrogens with zero attached hydrogens (tertiary/aromatic N) is 1. The highest BCUT2D eigenvalue weighted by molar-refractivity contribution is 7.80. The summed E-state index contributed by atoms with van der Waals surface area (Å²) >= 11 is 5.04. The topological polar surface area (TPSA) is 50.9 Å². The molecule has 3 N–H and O–H groups in total. The van der Waals surface area contributed by atoms with Crippen LogP contribution in [0.1, 0.15) is 38.2 Å². The molecule has 1 aromatic heterocycles. The van der Waals surface area contributed by atoms with E-state index < -0.39 is 0 Å². The first-order valence-electron chi connectivity index (χ1n) is 5.69. The van der Waals surface area contributed by atoms with E-state index in [2.05, 4.69) is 17.2 Å². The normalized spacial score (nSPS) is 17.6. The van der Waals surface area contributed by atoms with Gasteiger partial charge in [0.05, 0.1) is 11.9 Å². The highest BCUT2D eigenvalue weighted by Crippen LogP contribution is 2.38. The van der Waals surface area contributed by atoms with Gasteiger partial charge in [-0.15, -0.1) is 0 Å². The molecule has 1 aliphatic rings. The number of nitrogens with one attached hydrogen (secondary N) is 1. The first kappa shape index (κ1) is 11.3. The van der Waals surface area contributed by atoms with Crippen LogP contribution in [-0.2, 0) is 0 Å². The highest BCUT2D eigenvalue weighted by atomic mass is 32.1. The number of nitrogens with two attached hydrogens (primary N) is 1. The van der Waals surface area contributed by atoms with E-state index in [9.17, 15) is 0 Å². The Morgan fingerprint density at radius 3 is 2.88 bits per heavy atom. The zero-order chi connectivity index (χ0) is 11.6. The van der Waals surface area contributed by atoms with Crippen molar-refractivity contribution in [2.75, 3.05) is 5.32 Å². The van der Waals surface area contributed by atoms with Crippen molar-refractivity contribution in [3.63, 3.8) is 0 Å². The van der Waals surface area contributed by atoms with Gasteiger partial charge >= 0.3 is 0 Å². The average Bonchev–Trinajstić information content (AvgIpc) is 2.24. The molecule has 1 heterocycles. The quantitative estimate of drug-likeness (QED) is 0.787. The van der Waals surface area contributed by atoms with Gasteiger partial charge in [0.1, 0.15) is 4.99 Å². The second-order valence-corrected chi connectivity index (χ2v) is 4.84. The molecule has 4 heteroatoms. The predicted octanol–water partition coefficient (Wildman–Crippen LogP) is 2.46. The number of hydrogen-bond acceptors (Lipinski definition) is 3. The van der Waals surface area contributed by atoms with E-state index in [1.807, 2.05) is 12.3 Å². The lowest BCUT2D eigenvalue weighted by Crippen LogP contribution is -2.44. The van der Waals surface area contributed by atoms with Crippen molar-refractivity contribution >= 4 is 22.9 Å². The van der Waals surface area contributed by atoms with Crippen LogP contribution in [0.5, 0.6) is 0 Å². The highest BCUT2D eigenvalue weighted by Gasteiger charge is 2.35. The van der Waals surface area contributed by atoms with Gasteiger partial charge in [-0.25, -0.2) is 0 Å². The minimum atomic E-state index is 0.239. The van der Waals surface area contributed by atoms with Crippen molar-refractivity contribution in [3.05, 3.63) is 24.0 Å². The standard InChI is InChI=1S/C12H17N3S/c1-2-12(5-3-6-12)15-10-8-14-7-4-9(10)11(13)16/h4,7-8,15H,2-3,5-6H2,1H3,(H2,13,16). The second kappa shape index (κ2) is 4.37. The van der Waals surface area contributed by atoms with Gasteiger partial charge in [-0.3, -0.25) is 4.98 Å². The summed E-state index contributed by atoms with van der Waals surface area (Å²) in [6.07, 6.45) is 8.38. The fourth-order valence-electron chi connectivity index (χ4n) is 2.17. The van der Waals surface area contributed by atoms with E-state index in [0.717, 1.165) is 17.7 Å². The van der Waals surface area contributed by atoms with E-state index in [1.54, 1.807) is 6.20 Å². The van der Waals surface area contributed by atoms with Crippen LogP contribution >= 0.6 is 12.2 Å². The minimum absolute atomic E-state index is 0.239. The Bertz CT molecular complexity index is 393. The Morgan fingerprint density at radius 2 is 2.38 bits per heavy atom. The van der Waals surface area contributed by atoms with E-state index in [0.29, 0.717) is 4.99 Å². The Kier molecular flexibility index (Phi) is 3.10. The van der Waals surface area contributed by atoms with E-state index in [1.165, 1.54) is 19.3 Å². The van der Waals surface area contributed by atoms with Gasteiger partial charge in [-0.1, -0.05) is 19.1 Å². The molecule has 0 bridgehead atoms. The Hall–Kier alpha value is -1.16. The molecule has 1 aromatic rings. The van der Waals surface area contributed by atoms with Crippen molar-refractivity contribution in [2.24, 2.45) is 5.73 Å². The van der Waals surface area contributed by atoms with Gasteiger partial charge in [0.15, 0.2) is 0 Å². The maximum absolute atomic E-state index is 5.70. The van der Waals surface area contributed by atoms with Crippen molar-refractivity contribution < 1.29 is 0 Å². The third kappa shape index (κ3) is 2.02. The van der Waals surface area contributed by atoms with Crippen LogP contribution in [0.2, 0.25) is 0 Å². The lowest BCUT2D eigenvalue weighted by molar-refractivity contribution is 0.269. The van der Waals surface area contributed by atoms with Gasteiger partial charge in [-0.2, -0.15) is 0 Å². The summed E-state index contributed by atoms with van der Waals surface area (Å²) in [7, 11) is 0. The Morgan fingerprint density at radius 1 is 1.62 bits per heavy atom. The number of anilines is 1. The second-order valence-electron chi connectivity index (χ2n) is 4.40. The molecule has 0 aromatic carbocycles. The molecule has 0 amide bonds. The molecule has 16 heavy (non-hydrogen) atoms. The number of aromatic nitrogens is 1.